The van der Waals surface area contributed by atoms with Gasteiger partial charge < -0.3 is 15.3 Å². The molecule has 1 saturated heterocycles. The van der Waals surface area contributed by atoms with Gasteiger partial charge in [0, 0.05) is 19.5 Å². The van der Waals surface area contributed by atoms with Crippen molar-refractivity contribution in [3.05, 3.63) is 0 Å². The predicted molar refractivity (Wildman–Crippen MR) is 74.3 cm³/mol. The van der Waals surface area contributed by atoms with Crippen molar-refractivity contribution in [1.82, 2.24) is 10.2 Å². The quantitative estimate of drug-likeness (QED) is 0.732. The SMILES string of the molecule is CC(C)C[C@H](CNC(=O)[C@H]1CC(=O)N(CC(F)(F)F)C1)C(=O)O. The third kappa shape index (κ3) is 6.45. The third-order valence-electron chi connectivity index (χ3n) is 3.58. The fraction of sp³-hybridized carbons (Fsp3) is 0.786. The van der Waals surface area contributed by atoms with Gasteiger partial charge in [0.15, 0.2) is 0 Å². The Balaban J connectivity index is 2.52. The van der Waals surface area contributed by atoms with Gasteiger partial charge in [0.1, 0.15) is 6.54 Å². The molecule has 0 radical (unpaired) electrons. The molecule has 0 saturated carbocycles. The van der Waals surface area contributed by atoms with Crippen molar-refractivity contribution in [3.63, 3.8) is 0 Å². The summed E-state index contributed by atoms with van der Waals surface area (Å²) in [5.74, 6) is -3.86. The van der Waals surface area contributed by atoms with Crippen molar-refractivity contribution in [2.75, 3.05) is 19.6 Å². The number of alkyl halides is 3. The minimum atomic E-state index is -4.51. The highest BCUT2D eigenvalue weighted by Crippen LogP contribution is 2.24. The number of carbonyl (C=O) groups excluding carboxylic acids is 2. The average Bonchev–Trinajstić information content (AvgIpc) is 2.73. The molecule has 0 spiro atoms. The lowest BCUT2D eigenvalue weighted by atomic mass is 9.97. The summed E-state index contributed by atoms with van der Waals surface area (Å²) in [5.41, 5.74) is 0. The summed E-state index contributed by atoms with van der Waals surface area (Å²) in [6.07, 6.45) is -4.42. The van der Waals surface area contributed by atoms with Crippen LogP contribution in [0.4, 0.5) is 13.2 Å². The molecule has 0 aromatic rings. The lowest BCUT2D eigenvalue weighted by molar-refractivity contribution is -0.157. The molecule has 2 atom stereocenters. The summed E-state index contributed by atoms with van der Waals surface area (Å²) in [6.45, 7) is 1.92. The number of carboxylic acids is 1. The molecular formula is C14H21F3N2O4. The van der Waals surface area contributed by atoms with Gasteiger partial charge >= 0.3 is 12.1 Å². The van der Waals surface area contributed by atoms with Crippen molar-refractivity contribution in [1.29, 1.82) is 0 Å². The molecule has 1 fully saturated rings. The zero-order valence-corrected chi connectivity index (χ0v) is 13.0. The van der Waals surface area contributed by atoms with Crippen LogP contribution in [0.1, 0.15) is 26.7 Å². The zero-order valence-electron chi connectivity index (χ0n) is 13.0. The van der Waals surface area contributed by atoms with Gasteiger partial charge in [-0.05, 0) is 12.3 Å². The Hall–Kier alpha value is -1.80. The molecule has 9 heteroatoms. The maximum atomic E-state index is 12.3. The average molecular weight is 338 g/mol. The van der Waals surface area contributed by atoms with E-state index >= 15 is 0 Å². The van der Waals surface area contributed by atoms with E-state index in [1.807, 2.05) is 13.8 Å². The Morgan fingerprint density at radius 2 is 2.00 bits per heavy atom. The van der Waals surface area contributed by atoms with Gasteiger partial charge in [0.2, 0.25) is 11.8 Å². The zero-order chi connectivity index (χ0) is 17.8. The number of rotatable bonds is 7. The first-order chi connectivity index (χ1) is 10.5. The maximum absolute atomic E-state index is 12.3. The van der Waals surface area contributed by atoms with Crippen LogP contribution in [0.3, 0.4) is 0 Å². The molecule has 0 unspecified atom stereocenters. The van der Waals surface area contributed by atoms with Gasteiger partial charge in [-0.15, -0.1) is 0 Å². The van der Waals surface area contributed by atoms with E-state index in [1.54, 1.807) is 0 Å². The summed E-state index contributed by atoms with van der Waals surface area (Å²) in [6, 6.07) is 0. The van der Waals surface area contributed by atoms with E-state index in [9.17, 15) is 27.6 Å². The van der Waals surface area contributed by atoms with E-state index in [-0.39, 0.29) is 25.4 Å². The molecule has 2 amide bonds. The highest BCUT2D eigenvalue weighted by molar-refractivity contribution is 5.89. The summed E-state index contributed by atoms with van der Waals surface area (Å²) in [5, 5.41) is 11.5. The second-order valence-electron chi connectivity index (χ2n) is 6.20. The summed E-state index contributed by atoms with van der Waals surface area (Å²) in [7, 11) is 0. The summed E-state index contributed by atoms with van der Waals surface area (Å²) in [4.78, 5) is 35.2. The number of hydrogen-bond acceptors (Lipinski definition) is 3. The molecule has 0 aromatic carbocycles. The minimum Gasteiger partial charge on any atom is -0.481 e. The Morgan fingerprint density at radius 1 is 1.39 bits per heavy atom. The monoisotopic (exact) mass is 338 g/mol. The molecule has 0 aromatic heterocycles. The molecule has 6 nitrogen and oxygen atoms in total. The first-order valence-corrected chi connectivity index (χ1v) is 7.34. The van der Waals surface area contributed by atoms with Gasteiger partial charge in [-0.3, -0.25) is 14.4 Å². The summed E-state index contributed by atoms with van der Waals surface area (Å²) >= 11 is 0. The molecule has 0 aliphatic carbocycles. The Labute approximate surface area is 132 Å². The van der Waals surface area contributed by atoms with Crippen LogP contribution in [0.15, 0.2) is 0 Å². The molecule has 132 valence electrons. The lowest BCUT2D eigenvalue weighted by Crippen LogP contribution is -2.39. The second-order valence-corrected chi connectivity index (χ2v) is 6.20. The van der Waals surface area contributed by atoms with Gasteiger partial charge in [-0.2, -0.15) is 13.2 Å². The molecule has 1 heterocycles. The highest BCUT2D eigenvalue weighted by atomic mass is 19.4. The van der Waals surface area contributed by atoms with Crippen molar-refractivity contribution in [2.24, 2.45) is 17.8 Å². The van der Waals surface area contributed by atoms with E-state index in [0.717, 1.165) is 0 Å². The normalized spacial score (nSPS) is 20.0. The van der Waals surface area contributed by atoms with Crippen LogP contribution >= 0.6 is 0 Å². The summed E-state index contributed by atoms with van der Waals surface area (Å²) < 4.78 is 36.9. The number of amides is 2. The van der Waals surface area contributed by atoms with Crippen molar-refractivity contribution in [2.45, 2.75) is 32.9 Å². The van der Waals surface area contributed by atoms with E-state index in [4.69, 9.17) is 5.11 Å². The van der Waals surface area contributed by atoms with Gasteiger partial charge in [-0.1, -0.05) is 13.8 Å². The van der Waals surface area contributed by atoms with Crippen molar-refractivity contribution in [3.8, 4) is 0 Å². The van der Waals surface area contributed by atoms with Crippen LogP contribution in [-0.2, 0) is 14.4 Å². The maximum Gasteiger partial charge on any atom is 0.406 e. The Morgan fingerprint density at radius 3 is 2.48 bits per heavy atom. The molecule has 1 aliphatic heterocycles. The van der Waals surface area contributed by atoms with Gasteiger partial charge in [0.25, 0.3) is 0 Å². The fourth-order valence-corrected chi connectivity index (χ4v) is 2.53. The van der Waals surface area contributed by atoms with Crippen molar-refractivity contribution < 1.29 is 32.7 Å². The van der Waals surface area contributed by atoms with Crippen LogP contribution in [0.25, 0.3) is 0 Å². The number of likely N-dealkylation sites (tertiary alicyclic amines) is 1. The minimum absolute atomic E-state index is 0.101. The first-order valence-electron chi connectivity index (χ1n) is 7.34. The smallest absolute Gasteiger partial charge is 0.406 e. The number of carbonyl (C=O) groups is 3. The van der Waals surface area contributed by atoms with E-state index < -0.39 is 42.3 Å². The van der Waals surface area contributed by atoms with Crippen LogP contribution in [-0.4, -0.2) is 53.6 Å². The van der Waals surface area contributed by atoms with Crippen LogP contribution in [0, 0.1) is 17.8 Å². The molecule has 1 aliphatic rings. The van der Waals surface area contributed by atoms with Gasteiger partial charge in [0.05, 0.1) is 11.8 Å². The molecule has 23 heavy (non-hydrogen) atoms. The lowest BCUT2D eigenvalue weighted by Gasteiger charge is -2.19. The molecule has 2 N–H and O–H groups in total. The Bertz CT molecular complexity index is 465. The number of hydrogen-bond donors (Lipinski definition) is 2. The molecule has 0 bridgehead atoms. The molecular weight excluding hydrogens is 317 g/mol. The number of nitrogens with one attached hydrogen (secondary N) is 1. The van der Waals surface area contributed by atoms with Crippen LogP contribution < -0.4 is 5.32 Å². The van der Waals surface area contributed by atoms with Crippen molar-refractivity contribution >= 4 is 17.8 Å². The third-order valence-corrected chi connectivity index (χ3v) is 3.58. The molecule has 1 rings (SSSR count). The van der Waals surface area contributed by atoms with Crippen LogP contribution in [0.5, 0.6) is 0 Å². The second kappa shape index (κ2) is 7.65. The number of nitrogens with zero attached hydrogens (tertiary/aromatic N) is 1. The fourth-order valence-electron chi connectivity index (χ4n) is 2.53. The van der Waals surface area contributed by atoms with Crippen LogP contribution in [0.2, 0.25) is 0 Å². The topological polar surface area (TPSA) is 86.7 Å². The van der Waals surface area contributed by atoms with Gasteiger partial charge in [-0.25, -0.2) is 0 Å². The number of aliphatic carboxylic acids is 1. The highest BCUT2D eigenvalue weighted by Gasteiger charge is 2.40. The largest absolute Gasteiger partial charge is 0.481 e. The van der Waals surface area contributed by atoms with E-state index in [2.05, 4.69) is 5.32 Å². The van der Waals surface area contributed by atoms with E-state index in [0.29, 0.717) is 11.3 Å². The number of carboxylic acid groups (broad SMARTS) is 1. The van der Waals surface area contributed by atoms with E-state index in [1.165, 1.54) is 0 Å². The Kier molecular flexibility index (Phi) is 6.40. The number of halogens is 3. The predicted octanol–water partition coefficient (Wildman–Crippen LogP) is 1.26. The standard InChI is InChI=1S/C14H21F3N2O4/c1-8(2)3-9(13(22)23)5-18-12(21)10-4-11(20)19(6-10)7-14(15,16)17/h8-10H,3-7H2,1-2H3,(H,18,21)(H,22,23)/t9-,10+/m1/s1. The first kappa shape index (κ1) is 19.2.